The molecule has 0 aromatic heterocycles. The summed E-state index contributed by atoms with van der Waals surface area (Å²) in [7, 11) is 2.24. The highest BCUT2D eigenvalue weighted by Crippen LogP contribution is 2.29. The zero-order chi connectivity index (χ0) is 11.3. The molecule has 3 unspecified atom stereocenters. The minimum atomic E-state index is 0.412. The van der Waals surface area contributed by atoms with Gasteiger partial charge in [-0.3, -0.25) is 0 Å². The van der Waals surface area contributed by atoms with Gasteiger partial charge in [-0.1, -0.05) is 26.7 Å². The summed E-state index contributed by atoms with van der Waals surface area (Å²) in [6.07, 6.45) is 7.85. The van der Waals surface area contributed by atoms with E-state index in [4.69, 9.17) is 5.73 Å². The second-order valence-corrected chi connectivity index (χ2v) is 5.18. The SMILES string of the molecule is CCCC1CCC(N)C(N(C)CCC)C1. The molecule has 0 spiro atoms. The van der Waals surface area contributed by atoms with E-state index < -0.39 is 0 Å². The molecule has 1 aliphatic carbocycles. The maximum absolute atomic E-state index is 6.23. The van der Waals surface area contributed by atoms with Gasteiger partial charge < -0.3 is 10.6 Å². The molecule has 90 valence electrons. The molecule has 1 rings (SSSR count). The average Bonchev–Trinajstić information content (AvgIpc) is 2.21. The molecule has 0 aromatic rings. The van der Waals surface area contributed by atoms with Crippen LogP contribution in [0.5, 0.6) is 0 Å². The van der Waals surface area contributed by atoms with Crippen molar-refractivity contribution >= 4 is 0 Å². The van der Waals surface area contributed by atoms with Crippen LogP contribution in [0.4, 0.5) is 0 Å². The van der Waals surface area contributed by atoms with E-state index in [1.165, 1.54) is 45.1 Å². The molecule has 2 heteroatoms. The van der Waals surface area contributed by atoms with Crippen molar-refractivity contribution in [3.63, 3.8) is 0 Å². The van der Waals surface area contributed by atoms with Crippen LogP contribution in [0.1, 0.15) is 52.4 Å². The van der Waals surface area contributed by atoms with Crippen molar-refractivity contribution in [3.05, 3.63) is 0 Å². The topological polar surface area (TPSA) is 29.3 Å². The fourth-order valence-electron chi connectivity index (χ4n) is 2.95. The Labute approximate surface area is 95.2 Å². The van der Waals surface area contributed by atoms with Gasteiger partial charge in [0.05, 0.1) is 0 Å². The zero-order valence-corrected chi connectivity index (χ0v) is 10.7. The van der Waals surface area contributed by atoms with Crippen LogP contribution in [0.2, 0.25) is 0 Å². The number of hydrogen-bond donors (Lipinski definition) is 1. The highest BCUT2D eigenvalue weighted by Gasteiger charge is 2.29. The van der Waals surface area contributed by atoms with Gasteiger partial charge >= 0.3 is 0 Å². The Morgan fingerprint density at radius 2 is 1.93 bits per heavy atom. The molecule has 2 N–H and O–H groups in total. The van der Waals surface area contributed by atoms with Crippen LogP contribution in [-0.2, 0) is 0 Å². The Hall–Kier alpha value is -0.0800. The maximum atomic E-state index is 6.23. The van der Waals surface area contributed by atoms with E-state index in [1.807, 2.05) is 0 Å². The van der Waals surface area contributed by atoms with Gasteiger partial charge in [0, 0.05) is 12.1 Å². The van der Waals surface area contributed by atoms with E-state index in [2.05, 4.69) is 25.8 Å². The predicted octanol–water partition coefficient (Wildman–Crippen LogP) is 2.62. The van der Waals surface area contributed by atoms with Gasteiger partial charge in [0.25, 0.3) is 0 Å². The molecule has 1 fully saturated rings. The normalized spacial score (nSPS) is 32.2. The number of hydrogen-bond acceptors (Lipinski definition) is 2. The molecule has 0 bridgehead atoms. The largest absolute Gasteiger partial charge is 0.326 e. The Kier molecular flexibility index (Phi) is 5.62. The van der Waals surface area contributed by atoms with Crippen LogP contribution in [0.15, 0.2) is 0 Å². The van der Waals surface area contributed by atoms with E-state index in [0.717, 1.165) is 5.92 Å². The summed E-state index contributed by atoms with van der Waals surface area (Å²) in [6.45, 7) is 5.73. The number of nitrogens with zero attached hydrogens (tertiary/aromatic N) is 1. The first-order valence-corrected chi connectivity index (χ1v) is 6.64. The second-order valence-electron chi connectivity index (χ2n) is 5.18. The third-order valence-corrected chi connectivity index (χ3v) is 3.82. The van der Waals surface area contributed by atoms with Gasteiger partial charge in [-0.15, -0.1) is 0 Å². The summed E-state index contributed by atoms with van der Waals surface area (Å²) in [6, 6.07) is 1.05. The number of rotatable bonds is 5. The molecule has 0 saturated heterocycles. The molecule has 0 aromatic carbocycles. The van der Waals surface area contributed by atoms with Crippen molar-refractivity contribution in [2.24, 2.45) is 11.7 Å². The Morgan fingerprint density at radius 3 is 2.53 bits per heavy atom. The molecular weight excluding hydrogens is 184 g/mol. The second kappa shape index (κ2) is 6.49. The minimum absolute atomic E-state index is 0.412. The van der Waals surface area contributed by atoms with E-state index in [0.29, 0.717) is 12.1 Å². The first-order chi connectivity index (χ1) is 7.19. The Bertz CT molecular complexity index is 170. The molecular formula is C13H28N2. The lowest BCUT2D eigenvalue weighted by atomic mass is 9.80. The van der Waals surface area contributed by atoms with E-state index in [9.17, 15) is 0 Å². The maximum Gasteiger partial charge on any atom is 0.0246 e. The molecule has 1 saturated carbocycles. The highest BCUT2D eigenvalue weighted by atomic mass is 15.1. The third-order valence-electron chi connectivity index (χ3n) is 3.82. The first kappa shape index (κ1) is 13.0. The molecule has 0 heterocycles. The first-order valence-electron chi connectivity index (χ1n) is 6.64. The fraction of sp³-hybridized carbons (Fsp3) is 1.00. The quantitative estimate of drug-likeness (QED) is 0.759. The van der Waals surface area contributed by atoms with Gasteiger partial charge in [0.1, 0.15) is 0 Å². The van der Waals surface area contributed by atoms with Crippen molar-refractivity contribution in [3.8, 4) is 0 Å². The van der Waals surface area contributed by atoms with Crippen molar-refractivity contribution < 1.29 is 0 Å². The Morgan fingerprint density at radius 1 is 1.20 bits per heavy atom. The van der Waals surface area contributed by atoms with Crippen molar-refractivity contribution in [2.75, 3.05) is 13.6 Å². The van der Waals surface area contributed by atoms with E-state index >= 15 is 0 Å². The van der Waals surface area contributed by atoms with Gasteiger partial charge in [-0.25, -0.2) is 0 Å². The lowest BCUT2D eigenvalue weighted by molar-refractivity contribution is 0.133. The van der Waals surface area contributed by atoms with E-state index in [-0.39, 0.29) is 0 Å². The number of nitrogens with two attached hydrogens (primary N) is 1. The van der Waals surface area contributed by atoms with Crippen LogP contribution in [0, 0.1) is 5.92 Å². The molecule has 0 radical (unpaired) electrons. The summed E-state index contributed by atoms with van der Waals surface area (Å²) < 4.78 is 0. The fourth-order valence-corrected chi connectivity index (χ4v) is 2.95. The lowest BCUT2D eigenvalue weighted by Gasteiger charge is -2.39. The molecule has 0 aliphatic heterocycles. The van der Waals surface area contributed by atoms with Gasteiger partial charge in [-0.05, 0) is 45.2 Å². The minimum Gasteiger partial charge on any atom is -0.326 e. The summed E-state index contributed by atoms with van der Waals surface area (Å²) in [5, 5.41) is 0. The molecule has 2 nitrogen and oxygen atoms in total. The highest BCUT2D eigenvalue weighted by molar-refractivity contribution is 4.88. The standard InChI is InChI=1S/C13H28N2/c1-4-6-11-7-8-12(14)13(10-11)15(3)9-5-2/h11-13H,4-10,14H2,1-3H3. The third kappa shape index (κ3) is 3.76. The molecule has 0 amide bonds. The van der Waals surface area contributed by atoms with Crippen LogP contribution in [0.25, 0.3) is 0 Å². The van der Waals surface area contributed by atoms with Gasteiger partial charge in [-0.2, -0.15) is 0 Å². The van der Waals surface area contributed by atoms with Crippen LogP contribution in [-0.4, -0.2) is 30.6 Å². The summed E-state index contributed by atoms with van der Waals surface area (Å²) in [5.41, 5.74) is 6.23. The smallest absolute Gasteiger partial charge is 0.0246 e. The van der Waals surface area contributed by atoms with E-state index in [1.54, 1.807) is 0 Å². The van der Waals surface area contributed by atoms with Crippen molar-refractivity contribution in [1.82, 2.24) is 4.90 Å². The molecule has 15 heavy (non-hydrogen) atoms. The van der Waals surface area contributed by atoms with Gasteiger partial charge in [0.2, 0.25) is 0 Å². The summed E-state index contributed by atoms with van der Waals surface area (Å²) >= 11 is 0. The lowest BCUT2D eigenvalue weighted by Crippen LogP contribution is -2.50. The van der Waals surface area contributed by atoms with Crippen LogP contribution < -0.4 is 5.73 Å². The molecule has 3 atom stereocenters. The summed E-state index contributed by atoms with van der Waals surface area (Å²) in [4.78, 5) is 2.48. The van der Waals surface area contributed by atoms with Crippen LogP contribution >= 0.6 is 0 Å². The monoisotopic (exact) mass is 212 g/mol. The van der Waals surface area contributed by atoms with Crippen molar-refractivity contribution in [2.45, 2.75) is 64.5 Å². The van der Waals surface area contributed by atoms with Gasteiger partial charge in [0.15, 0.2) is 0 Å². The number of likely N-dealkylation sites (N-methyl/N-ethyl adjacent to an activating group) is 1. The summed E-state index contributed by atoms with van der Waals surface area (Å²) in [5.74, 6) is 0.930. The predicted molar refractivity (Wildman–Crippen MR) is 66.9 cm³/mol. The average molecular weight is 212 g/mol. The Balaban J connectivity index is 2.45. The van der Waals surface area contributed by atoms with Crippen LogP contribution in [0.3, 0.4) is 0 Å². The zero-order valence-electron chi connectivity index (χ0n) is 10.7. The molecule has 1 aliphatic rings. The van der Waals surface area contributed by atoms with Crippen molar-refractivity contribution in [1.29, 1.82) is 0 Å².